The van der Waals surface area contributed by atoms with Crippen LogP contribution >= 0.6 is 71.0 Å². The van der Waals surface area contributed by atoms with Crippen molar-refractivity contribution in [2.45, 2.75) is 111 Å². The van der Waals surface area contributed by atoms with Gasteiger partial charge >= 0.3 is 7.12 Å². The number of hydrogen-bond donors (Lipinski definition) is 3. The molecule has 578 valence electrons. The molecule has 3 N–H and O–H groups in total. The second kappa shape index (κ2) is 44.1. The number of aromatic hydroxyl groups is 3. The van der Waals surface area contributed by atoms with Crippen molar-refractivity contribution in [2.24, 2.45) is 0 Å². The van der Waals surface area contributed by atoms with Crippen LogP contribution in [0.5, 0.6) is 46.0 Å². The summed E-state index contributed by atoms with van der Waals surface area (Å²) >= 11 is 21.6. The molecular weight excluding hydrogens is 1670 g/mol. The van der Waals surface area contributed by atoms with Gasteiger partial charge in [0.1, 0.15) is 97.2 Å². The topological polar surface area (TPSA) is 304 Å². The zero-order chi connectivity index (χ0) is 82.2. The lowest BCUT2D eigenvalue weighted by Crippen LogP contribution is -2.41. The number of carbonyl (C=O) groups is 4. The monoisotopic (exact) mass is 1750 g/mol. The summed E-state index contributed by atoms with van der Waals surface area (Å²) in [6.45, 7) is 17.8. The number of rotatable bonds is 22. The van der Waals surface area contributed by atoms with E-state index in [4.69, 9.17) is 82.2 Å². The maximum Gasteiger partial charge on any atom is 0.495 e. The number of phenolic OH excluding ortho intramolecular Hbond substituents is 3. The number of halogens is 5. The van der Waals surface area contributed by atoms with Crippen LogP contribution in [0.4, 0.5) is 0 Å². The van der Waals surface area contributed by atoms with Crippen LogP contribution in [0.2, 0.25) is 0 Å². The highest BCUT2D eigenvalue weighted by molar-refractivity contribution is 9.11. The van der Waals surface area contributed by atoms with Crippen molar-refractivity contribution in [3.63, 3.8) is 0 Å². The van der Waals surface area contributed by atoms with E-state index in [1.165, 1.54) is 54.0 Å². The molecule has 1 aliphatic rings. The largest absolute Gasteiger partial charge is 0.508 e. The lowest BCUT2D eigenvalue weighted by molar-refractivity contribution is 0.00578. The quantitative estimate of drug-likeness (QED) is 0.0322. The molecule has 8 aromatic carbocycles. The average molecular weight is 1750 g/mol. The minimum atomic E-state index is -0.448. The number of aromatic nitrogens is 3. The SMILES string of the molecule is Cc1c(Br)cccc1CCl.Cc1c(Br)cccc1COc1ccc(C=O)c(O)c1.Cc1c(Br)cccc1COc1ccc(C=O)c(OCc2cncc(C#N)c2)c1.Cc1c(COc2ccc(C=O)c(OCc3cncc(C#N)c3)c2)cccc1B1OC(C)(C)C(C)(C)O1.N#Cc1cncc(CCl)c1.O=Cc1ccc(O)cc1O. The van der Waals surface area contributed by atoms with E-state index in [0.29, 0.717) is 101 Å². The molecule has 0 unspecified atom stereocenters. The first-order valence-corrected chi connectivity index (χ1v) is 38.0. The Morgan fingerprint density at radius 3 is 1.15 bits per heavy atom. The van der Waals surface area contributed by atoms with Crippen LogP contribution < -0.4 is 29.1 Å². The molecule has 11 aromatic rings. The van der Waals surface area contributed by atoms with E-state index in [1.807, 2.05) is 133 Å². The maximum absolute atomic E-state index is 11.5. The minimum absolute atomic E-state index is 0.0527. The molecule has 12 rings (SSSR count). The first-order chi connectivity index (χ1) is 54.2. The van der Waals surface area contributed by atoms with Crippen molar-refractivity contribution in [1.82, 2.24) is 15.0 Å². The first kappa shape index (κ1) is 89.0. The maximum atomic E-state index is 11.5. The lowest BCUT2D eigenvalue weighted by atomic mass is 9.75. The molecule has 0 atom stereocenters. The normalized spacial score (nSPS) is 11.8. The van der Waals surface area contributed by atoms with Crippen LogP contribution in [0.3, 0.4) is 0 Å². The predicted molar refractivity (Wildman–Crippen MR) is 443 cm³/mol. The fraction of sp³-hybridized carbons (Fsp3) is 0.195. The van der Waals surface area contributed by atoms with Crippen LogP contribution in [0.15, 0.2) is 214 Å². The van der Waals surface area contributed by atoms with Gasteiger partial charge in [-0.3, -0.25) is 34.1 Å². The van der Waals surface area contributed by atoms with Crippen molar-refractivity contribution >= 4 is 109 Å². The molecular formula is C87H78BBr3Cl2N6O14. The van der Waals surface area contributed by atoms with E-state index in [9.17, 15) is 24.3 Å². The van der Waals surface area contributed by atoms with Crippen LogP contribution in [0.1, 0.15) is 147 Å². The Morgan fingerprint density at radius 2 is 0.770 bits per heavy atom. The molecule has 0 saturated carbocycles. The summed E-state index contributed by atoms with van der Waals surface area (Å²) in [5.74, 6) is 3.18. The summed E-state index contributed by atoms with van der Waals surface area (Å²) in [6, 6.07) is 53.7. The number of benzene rings is 8. The standard InChI is InChI=1S/C28H29BN2O5.C22H17BrN2O3.C15H13BrO3.C8H8BrCl.C7H5ClN2.C7H6O3/c1-19-23(7-6-8-25(19)29-35-27(2,3)28(4,5)36-29)18-33-24-10-9-22(16-32)26(12-24)34-17-21-11-20(13-30)14-31-15-21;1-15-19(3-2-4-21(15)23)14-27-20-6-5-18(12-26)22(8-20)28-13-17-7-16(9-24)10-25-11-17;1-10-12(3-2-4-14(10)16)9-19-13-6-5-11(8-17)15(18)7-13;1-6-7(5-10)3-2-4-8(6)9;8-2-6-1-7(3-9)5-10-4-6;8-4-5-1-2-6(9)3-7(5)10/h6-12,14-16H,17-18H2,1-5H3;2-8,10-12H,13-14H2,1H3;2-8,18H,9H2,1H3;2-4H,5H2,1H3;1,4-5H,2H2;1-4,9-10H. The van der Waals surface area contributed by atoms with Gasteiger partial charge in [-0.05, 0) is 196 Å². The lowest BCUT2D eigenvalue weighted by Gasteiger charge is -2.32. The van der Waals surface area contributed by atoms with Gasteiger partial charge in [0.15, 0.2) is 25.1 Å². The van der Waals surface area contributed by atoms with Crippen LogP contribution in [-0.2, 0) is 54.1 Å². The van der Waals surface area contributed by atoms with Gasteiger partial charge in [0.05, 0.1) is 50.1 Å². The van der Waals surface area contributed by atoms with Crippen LogP contribution in [0.25, 0.3) is 0 Å². The van der Waals surface area contributed by atoms with Gasteiger partial charge in [-0.25, -0.2) is 0 Å². The van der Waals surface area contributed by atoms with Crippen molar-refractivity contribution in [3.8, 4) is 64.2 Å². The molecule has 20 nitrogen and oxygen atoms in total. The number of aldehydes is 4. The highest BCUT2D eigenvalue weighted by Gasteiger charge is 2.52. The molecule has 0 aliphatic carbocycles. The molecule has 3 aromatic heterocycles. The predicted octanol–water partition coefficient (Wildman–Crippen LogP) is 19.5. The van der Waals surface area contributed by atoms with Crippen molar-refractivity contribution in [2.75, 3.05) is 0 Å². The fourth-order valence-electron chi connectivity index (χ4n) is 10.2. The molecule has 1 fully saturated rings. The first-order valence-electron chi connectivity index (χ1n) is 34.6. The molecule has 1 saturated heterocycles. The van der Waals surface area contributed by atoms with Gasteiger partial charge < -0.3 is 48.3 Å². The number of hydrogen-bond acceptors (Lipinski definition) is 20. The van der Waals surface area contributed by atoms with Gasteiger partial charge in [-0.2, -0.15) is 15.8 Å². The molecule has 0 radical (unpaired) electrons. The van der Waals surface area contributed by atoms with E-state index in [0.717, 1.165) is 87.6 Å². The highest BCUT2D eigenvalue weighted by Crippen LogP contribution is 2.38. The van der Waals surface area contributed by atoms with Crippen LogP contribution in [-0.4, -0.2) is 73.7 Å². The molecule has 113 heavy (non-hydrogen) atoms. The van der Waals surface area contributed by atoms with Gasteiger partial charge in [-0.15, -0.1) is 23.2 Å². The second-order valence-corrected chi connectivity index (χ2v) is 29.0. The van der Waals surface area contributed by atoms with Gasteiger partial charge in [0, 0.05) is 97.8 Å². The Balaban J connectivity index is 0.000000203. The Bertz CT molecular complexity index is 5250. The summed E-state index contributed by atoms with van der Waals surface area (Å²) < 4.78 is 44.9. The third-order valence-electron chi connectivity index (χ3n) is 17.7. The fourth-order valence-corrected chi connectivity index (χ4v) is 11.8. The van der Waals surface area contributed by atoms with Gasteiger partial charge in [0.2, 0.25) is 0 Å². The molecule has 26 heteroatoms. The summed E-state index contributed by atoms with van der Waals surface area (Å²) in [5, 5.41) is 53.7. The minimum Gasteiger partial charge on any atom is -0.508 e. The third-order valence-corrected chi connectivity index (χ3v) is 20.8. The van der Waals surface area contributed by atoms with E-state index in [1.54, 1.807) is 79.3 Å². The van der Waals surface area contributed by atoms with Crippen LogP contribution in [0, 0.1) is 61.7 Å². The molecule has 1 aliphatic heterocycles. The Morgan fingerprint density at radius 1 is 0.416 bits per heavy atom. The Kier molecular flexibility index (Phi) is 34.7. The number of carbonyl (C=O) groups excluding carboxylic acids is 4. The smallest absolute Gasteiger partial charge is 0.495 e. The number of nitrogens with zero attached hydrogens (tertiary/aromatic N) is 6. The average Bonchev–Trinajstić information content (AvgIpc) is 1.62. The number of pyridine rings is 3. The summed E-state index contributed by atoms with van der Waals surface area (Å²) in [4.78, 5) is 55.4. The van der Waals surface area contributed by atoms with Gasteiger partial charge in [0.25, 0.3) is 0 Å². The molecule has 0 spiro atoms. The Hall–Kier alpha value is -11.2. The highest BCUT2D eigenvalue weighted by atomic mass is 79.9. The second-order valence-electron chi connectivity index (χ2n) is 25.9. The van der Waals surface area contributed by atoms with Crippen molar-refractivity contribution in [3.05, 3.63) is 315 Å². The number of nitriles is 3. The van der Waals surface area contributed by atoms with Crippen molar-refractivity contribution < 1.29 is 67.5 Å². The van der Waals surface area contributed by atoms with E-state index in [2.05, 4.69) is 75.7 Å². The molecule has 0 amide bonds. The summed E-state index contributed by atoms with van der Waals surface area (Å²) in [5.41, 5.74) is 14.1. The Labute approximate surface area is 692 Å². The zero-order valence-electron chi connectivity index (χ0n) is 62.8. The van der Waals surface area contributed by atoms with Crippen molar-refractivity contribution in [1.29, 1.82) is 15.8 Å². The summed E-state index contributed by atoms with van der Waals surface area (Å²) in [6.07, 6.45) is 12.0. The zero-order valence-corrected chi connectivity index (χ0v) is 69.1. The molecule has 0 bridgehead atoms. The third kappa shape index (κ3) is 26.5. The van der Waals surface area contributed by atoms with E-state index >= 15 is 0 Å². The van der Waals surface area contributed by atoms with E-state index < -0.39 is 18.3 Å². The summed E-state index contributed by atoms with van der Waals surface area (Å²) in [7, 11) is -0.448. The van der Waals surface area contributed by atoms with E-state index in [-0.39, 0.29) is 41.6 Å². The number of ether oxygens (including phenoxy) is 5. The number of alkyl halides is 2. The molecule has 4 heterocycles. The van der Waals surface area contributed by atoms with Gasteiger partial charge in [-0.1, -0.05) is 102 Å². The number of phenols is 3.